The Bertz CT molecular complexity index is 69.3. The molecule has 0 aliphatic rings. The fourth-order valence-corrected chi connectivity index (χ4v) is 0.365. The fourth-order valence-electron chi connectivity index (χ4n) is 0.365. The van der Waals surface area contributed by atoms with Gasteiger partial charge in [0, 0.05) is 0 Å². The number of halogens is 1. The molecule has 0 radical (unpaired) electrons. The molecule has 0 saturated heterocycles. The predicted octanol–water partition coefficient (Wildman–Crippen LogP) is -1.50. The quantitative estimate of drug-likeness (QED) is 0.404. The fraction of sp³-hybridized carbons (Fsp3) is 1.00. The van der Waals surface area contributed by atoms with Crippen molar-refractivity contribution < 1.29 is 9.19 Å². The summed E-state index contributed by atoms with van der Waals surface area (Å²) in [6.45, 7) is 7.95. The summed E-state index contributed by atoms with van der Waals surface area (Å²) in [4.78, 5) is 0. The summed E-state index contributed by atoms with van der Waals surface area (Å²) < 4.78 is 1.12. The largest absolute Gasteiger partial charge is 1.00 e. The molecule has 0 aliphatic carbocycles. The summed E-state index contributed by atoms with van der Waals surface area (Å²) in [5.74, 6) is 0. The van der Waals surface area contributed by atoms with Gasteiger partial charge < -0.3 is 9.19 Å². The van der Waals surface area contributed by atoms with Crippen LogP contribution in [0.3, 0.4) is 0 Å². The van der Waals surface area contributed by atoms with Gasteiger partial charge in [0.05, 0.1) is 26.7 Å². The first-order chi connectivity index (χ1) is 3.50. The molecule has 0 amide bonds. The van der Waals surface area contributed by atoms with Crippen molar-refractivity contribution >= 4 is 0 Å². The van der Waals surface area contributed by atoms with E-state index in [0.717, 1.165) is 10.5 Å². The van der Waals surface area contributed by atoms with E-state index in [1.807, 2.05) is 0 Å². The third-order valence-corrected chi connectivity index (χ3v) is 2.21. The van der Waals surface area contributed by atoms with Crippen molar-refractivity contribution in [2.75, 3.05) is 20.6 Å². The SMILES string of the molecule is CC[N+](C)(C)C(C)C.[F-]. The predicted molar refractivity (Wildman–Crippen MR) is 37.8 cm³/mol. The number of nitrogens with zero attached hydrogens (tertiary/aromatic N) is 1. The molecule has 0 atom stereocenters. The molecular weight excluding hydrogens is 117 g/mol. The Morgan fingerprint density at radius 1 is 1.22 bits per heavy atom. The third kappa shape index (κ3) is 3.46. The average Bonchev–Trinajstić information content (AvgIpc) is 1.67. The molecule has 2 heteroatoms. The summed E-state index contributed by atoms with van der Waals surface area (Å²) in [6, 6.07) is 0.750. The van der Waals surface area contributed by atoms with Crippen LogP contribution >= 0.6 is 0 Å². The molecular formula is C7H18FN. The number of rotatable bonds is 2. The van der Waals surface area contributed by atoms with Crippen LogP contribution in [0.2, 0.25) is 0 Å². The normalized spacial score (nSPS) is 11.3. The van der Waals surface area contributed by atoms with Gasteiger partial charge >= 0.3 is 0 Å². The van der Waals surface area contributed by atoms with Crippen molar-refractivity contribution in [1.29, 1.82) is 0 Å². The Labute approximate surface area is 57.6 Å². The lowest BCUT2D eigenvalue weighted by Crippen LogP contribution is -3.00. The summed E-state index contributed by atoms with van der Waals surface area (Å²) in [6.07, 6.45) is 0. The number of hydrogen-bond donors (Lipinski definition) is 0. The molecule has 58 valence electrons. The molecule has 1 nitrogen and oxygen atoms in total. The standard InChI is InChI=1S/C7H18N.FH/c1-6-8(4,5)7(2)3;/h7H,6H2,1-5H3;1H/q+1;/p-1. The zero-order valence-corrected chi connectivity index (χ0v) is 7.11. The first kappa shape index (κ1) is 11.7. The minimum Gasteiger partial charge on any atom is -1.00 e. The van der Waals surface area contributed by atoms with Gasteiger partial charge in [-0.2, -0.15) is 0 Å². The van der Waals surface area contributed by atoms with Crippen LogP contribution in [0.5, 0.6) is 0 Å². The van der Waals surface area contributed by atoms with Crippen molar-refractivity contribution in [1.82, 2.24) is 0 Å². The third-order valence-electron chi connectivity index (χ3n) is 2.21. The Hall–Kier alpha value is -0.110. The lowest BCUT2D eigenvalue weighted by Gasteiger charge is -2.32. The lowest BCUT2D eigenvalue weighted by atomic mass is 10.3. The molecule has 0 aromatic heterocycles. The van der Waals surface area contributed by atoms with Crippen LogP contribution in [0.25, 0.3) is 0 Å². The molecule has 0 heterocycles. The zero-order chi connectivity index (χ0) is 6.78. The molecule has 0 spiro atoms. The molecule has 0 rings (SSSR count). The molecule has 0 N–H and O–H groups in total. The first-order valence-electron chi connectivity index (χ1n) is 3.33. The van der Waals surface area contributed by atoms with Gasteiger partial charge in [0.1, 0.15) is 0 Å². The van der Waals surface area contributed by atoms with Gasteiger partial charge in [0.2, 0.25) is 0 Å². The van der Waals surface area contributed by atoms with E-state index in [2.05, 4.69) is 34.9 Å². The summed E-state index contributed by atoms with van der Waals surface area (Å²) >= 11 is 0. The second kappa shape index (κ2) is 3.83. The Morgan fingerprint density at radius 3 is 1.56 bits per heavy atom. The highest BCUT2D eigenvalue weighted by Gasteiger charge is 2.15. The van der Waals surface area contributed by atoms with Crippen molar-refractivity contribution in [2.24, 2.45) is 0 Å². The molecule has 0 bridgehead atoms. The van der Waals surface area contributed by atoms with Gasteiger partial charge in [-0.1, -0.05) is 0 Å². The Balaban J connectivity index is 0. The minimum atomic E-state index is 0. The van der Waals surface area contributed by atoms with Crippen molar-refractivity contribution in [3.63, 3.8) is 0 Å². The van der Waals surface area contributed by atoms with E-state index in [-0.39, 0.29) is 4.70 Å². The monoisotopic (exact) mass is 135 g/mol. The van der Waals surface area contributed by atoms with E-state index in [4.69, 9.17) is 0 Å². The van der Waals surface area contributed by atoms with E-state index in [1.54, 1.807) is 0 Å². The van der Waals surface area contributed by atoms with Crippen LogP contribution < -0.4 is 4.70 Å². The van der Waals surface area contributed by atoms with Gasteiger partial charge in [0.15, 0.2) is 0 Å². The second-order valence-corrected chi connectivity index (χ2v) is 3.19. The highest BCUT2D eigenvalue weighted by molar-refractivity contribution is 4.35. The van der Waals surface area contributed by atoms with Crippen molar-refractivity contribution in [3.8, 4) is 0 Å². The van der Waals surface area contributed by atoms with Gasteiger partial charge in [-0.05, 0) is 20.8 Å². The number of quaternary nitrogens is 1. The lowest BCUT2D eigenvalue weighted by molar-refractivity contribution is -0.909. The van der Waals surface area contributed by atoms with Gasteiger partial charge in [-0.3, -0.25) is 0 Å². The average molecular weight is 135 g/mol. The highest BCUT2D eigenvalue weighted by Crippen LogP contribution is 2.02. The van der Waals surface area contributed by atoms with Crippen molar-refractivity contribution in [2.45, 2.75) is 26.8 Å². The van der Waals surface area contributed by atoms with Gasteiger partial charge in [-0.25, -0.2) is 0 Å². The molecule has 0 saturated carbocycles. The second-order valence-electron chi connectivity index (χ2n) is 3.19. The Kier molecular flexibility index (Phi) is 4.96. The van der Waals surface area contributed by atoms with E-state index < -0.39 is 0 Å². The molecule has 0 fully saturated rings. The summed E-state index contributed by atoms with van der Waals surface area (Å²) in [5.41, 5.74) is 0. The van der Waals surface area contributed by atoms with Gasteiger partial charge in [-0.15, -0.1) is 0 Å². The van der Waals surface area contributed by atoms with E-state index in [0.29, 0.717) is 0 Å². The van der Waals surface area contributed by atoms with Crippen LogP contribution in [0.1, 0.15) is 20.8 Å². The maximum absolute atomic E-state index is 2.25. The van der Waals surface area contributed by atoms with E-state index in [9.17, 15) is 0 Å². The minimum absolute atomic E-state index is 0. The Morgan fingerprint density at radius 2 is 1.56 bits per heavy atom. The van der Waals surface area contributed by atoms with Crippen LogP contribution in [-0.2, 0) is 0 Å². The molecule has 0 aliphatic heterocycles. The summed E-state index contributed by atoms with van der Waals surface area (Å²) in [7, 11) is 4.51. The topological polar surface area (TPSA) is 0 Å². The molecule has 0 unspecified atom stereocenters. The highest BCUT2D eigenvalue weighted by atomic mass is 19.0. The maximum Gasteiger partial charge on any atom is 0.0829 e. The van der Waals surface area contributed by atoms with Gasteiger partial charge in [0.25, 0.3) is 0 Å². The van der Waals surface area contributed by atoms with E-state index in [1.165, 1.54) is 6.54 Å². The first-order valence-corrected chi connectivity index (χ1v) is 3.33. The zero-order valence-electron chi connectivity index (χ0n) is 7.11. The number of hydrogen-bond acceptors (Lipinski definition) is 0. The summed E-state index contributed by atoms with van der Waals surface area (Å²) in [5, 5.41) is 0. The molecule has 0 aromatic carbocycles. The van der Waals surface area contributed by atoms with E-state index >= 15 is 0 Å². The van der Waals surface area contributed by atoms with Crippen LogP contribution in [-0.4, -0.2) is 31.2 Å². The molecule has 0 aromatic rings. The van der Waals surface area contributed by atoms with Crippen molar-refractivity contribution in [3.05, 3.63) is 0 Å². The van der Waals surface area contributed by atoms with Crippen LogP contribution in [0.4, 0.5) is 0 Å². The smallest absolute Gasteiger partial charge is 0.0829 e. The van der Waals surface area contributed by atoms with Crippen LogP contribution in [0, 0.1) is 0 Å². The van der Waals surface area contributed by atoms with Crippen LogP contribution in [0.15, 0.2) is 0 Å². The molecule has 9 heavy (non-hydrogen) atoms. The maximum atomic E-state index is 2.25.